The van der Waals surface area contributed by atoms with Crippen LogP contribution in [0.5, 0.6) is 0 Å². The number of guanidine groups is 2. The Labute approximate surface area is 104 Å². The number of hydrogen-bond donors (Lipinski definition) is 3. The van der Waals surface area contributed by atoms with E-state index in [1.807, 2.05) is 0 Å². The lowest BCUT2D eigenvalue weighted by atomic mass is 9.94. The van der Waals surface area contributed by atoms with Crippen molar-refractivity contribution in [1.29, 1.82) is 0 Å². The summed E-state index contributed by atoms with van der Waals surface area (Å²) < 4.78 is 12.6. The van der Waals surface area contributed by atoms with E-state index in [0.29, 0.717) is 5.69 Å². The first kappa shape index (κ1) is 12.3. The minimum Gasteiger partial charge on any atom is -0.369 e. The minimum absolute atomic E-state index is 0.101. The van der Waals surface area contributed by atoms with Gasteiger partial charge in [-0.3, -0.25) is 0 Å². The number of rotatable bonds is 2. The lowest BCUT2D eigenvalue weighted by Crippen LogP contribution is -2.27. The summed E-state index contributed by atoms with van der Waals surface area (Å²) in [6, 6.07) is 3.00. The molecule has 96 valence electrons. The fourth-order valence-electron chi connectivity index (χ4n) is 1.48. The third-order valence-electron chi connectivity index (χ3n) is 2.62. The molecule has 1 saturated carbocycles. The first-order valence-corrected chi connectivity index (χ1v) is 5.69. The predicted molar refractivity (Wildman–Crippen MR) is 68.7 cm³/mol. The quantitative estimate of drug-likeness (QED) is 0.410. The van der Waals surface area contributed by atoms with E-state index in [2.05, 4.69) is 20.3 Å². The maximum Gasteiger partial charge on any atom is 0.218 e. The molecule has 1 aliphatic carbocycles. The van der Waals surface area contributed by atoms with Gasteiger partial charge in [0.15, 0.2) is 0 Å². The van der Waals surface area contributed by atoms with E-state index in [-0.39, 0.29) is 18.0 Å². The molecule has 0 unspecified atom stereocenters. The largest absolute Gasteiger partial charge is 0.369 e. The molecule has 2 rings (SSSR count). The van der Waals surface area contributed by atoms with Gasteiger partial charge in [0.2, 0.25) is 17.9 Å². The molecular formula is C11H15FN6. The number of nitrogens with two attached hydrogens (primary N) is 2. The first-order valence-electron chi connectivity index (χ1n) is 5.69. The summed E-state index contributed by atoms with van der Waals surface area (Å²) in [5.74, 6) is -0.300. The van der Waals surface area contributed by atoms with E-state index in [4.69, 9.17) is 11.5 Å². The average molecular weight is 250 g/mol. The maximum absolute atomic E-state index is 12.6. The molecule has 7 heteroatoms. The molecule has 0 spiro atoms. The zero-order valence-corrected chi connectivity index (χ0v) is 9.81. The highest BCUT2D eigenvalue weighted by atomic mass is 19.1. The van der Waals surface area contributed by atoms with Gasteiger partial charge in [-0.15, -0.1) is 0 Å². The van der Waals surface area contributed by atoms with Crippen LogP contribution in [0.4, 0.5) is 10.1 Å². The molecule has 1 heterocycles. The number of anilines is 1. The van der Waals surface area contributed by atoms with Gasteiger partial charge in [-0.05, 0) is 31.4 Å². The lowest BCUT2D eigenvalue weighted by Gasteiger charge is -2.20. The first-order chi connectivity index (χ1) is 8.63. The SMILES string of the molecule is NC(=NC1CCC1)/N=C(\N)Nc1ccc(F)nc1. The van der Waals surface area contributed by atoms with Gasteiger partial charge in [-0.2, -0.15) is 9.38 Å². The van der Waals surface area contributed by atoms with Crippen molar-refractivity contribution >= 4 is 17.6 Å². The van der Waals surface area contributed by atoms with Crippen molar-refractivity contribution in [2.45, 2.75) is 25.3 Å². The highest BCUT2D eigenvalue weighted by Gasteiger charge is 2.16. The second kappa shape index (κ2) is 5.44. The van der Waals surface area contributed by atoms with Crippen molar-refractivity contribution in [3.05, 3.63) is 24.3 Å². The Hall–Kier alpha value is -2.18. The molecule has 1 aliphatic rings. The van der Waals surface area contributed by atoms with Gasteiger partial charge in [0.05, 0.1) is 17.9 Å². The summed E-state index contributed by atoms with van der Waals surface area (Å²) in [6.07, 6.45) is 4.59. The fraction of sp³-hybridized carbons (Fsp3) is 0.364. The molecule has 0 amide bonds. The maximum atomic E-state index is 12.6. The highest BCUT2D eigenvalue weighted by molar-refractivity contribution is 6.00. The van der Waals surface area contributed by atoms with Crippen molar-refractivity contribution in [3.63, 3.8) is 0 Å². The predicted octanol–water partition coefficient (Wildman–Crippen LogP) is 0.814. The van der Waals surface area contributed by atoms with Crippen LogP contribution in [-0.2, 0) is 0 Å². The van der Waals surface area contributed by atoms with Gasteiger partial charge in [0.25, 0.3) is 0 Å². The number of aromatic nitrogens is 1. The van der Waals surface area contributed by atoms with Crippen LogP contribution in [0.25, 0.3) is 0 Å². The Bertz CT molecular complexity index is 463. The summed E-state index contributed by atoms with van der Waals surface area (Å²) in [6.45, 7) is 0. The molecule has 0 bridgehead atoms. The molecule has 1 fully saturated rings. The molecule has 1 aromatic rings. The molecule has 18 heavy (non-hydrogen) atoms. The van der Waals surface area contributed by atoms with Gasteiger partial charge in [-0.1, -0.05) is 0 Å². The van der Waals surface area contributed by atoms with Crippen LogP contribution in [0.1, 0.15) is 19.3 Å². The van der Waals surface area contributed by atoms with E-state index in [0.717, 1.165) is 12.8 Å². The number of hydrogen-bond acceptors (Lipinski definition) is 2. The van der Waals surface area contributed by atoms with Crippen LogP contribution in [-0.4, -0.2) is 22.9 Å². The van der Waals surface area contributed by atoms with Gasteiger partial charge < -0.3 is 16.8 Å². The van der Waals surface area contributed by atoms with E-state index in [1.54, 1.807) is 0 Å². The van der Waals surface area contributed by atoms with E-state index >= 15 is 0 Å². The van der Waals surface area contributed by atoms with E-state index in [1.165, 1.54) is 24.8 Å². The number of pyridine rings is 1. The fourth-order valence-corrected chi connectivity index (χ4v) is 1.48. The molecule has 1 aromatic heterocycles. The van der Waals surface area contributed by atoms with E-state index in [9.17, 15) is 4.39 Å². The van der Waals surface area contributed by atoms with Gasteiger partial charge >= 0.3 is 0 Å². The topological polar surface area (TPSA) is 102 Å². The van der Waals surface area contributed by atoms with Crippen LogP contribution in [0.15, 0.2) is 28.3 Å². The summed E-state index contributed by atoms with van der Waals surface area (Å²) in [4.78, 5) is 11.6. The summed E-state index contributed by atoms with van der Waals surface area (Å²) in [5.41, 5.74) is 11.8. The lowest BCUT2D eigenvalue weighted by molar-refractivity contribution is 0.419. The Morgan fingerprint density at radius 2 is 2.17 bits per heavy atom. The number of halogens is 1. The highest BCUT2D eigenvalue weighted by Crippen LogP contribution is 2.21. The van der Waals surface area contributed by atoms with Crippen molar-refractivity contribution in [3.8, 4) is 0 Å². The van der Waals surface area contributed by atoms with Crippen molar-refractivity contribution in [1.82, 2.24) is 4.98 Å². The van der Waals surface area contributed by atoms with Gasteiger partial charge in [0.1, 0.15) is 0 Å². The third kappa shape index (κ3) is 3.41. The third-order valence-corrected chi connectivity index (χ3v) is 2.62. The minimum atomic E-state index is -0.554. The van der Waals surface area contributed by atoms with Crippen LogP contribution in [0.3, 0.4) is 0 Å². The Morgan fingerprint density at radius 3 is 2.72 bits per heavy atom. The monoisotopic (exact) mass is 250 g/mol. The molecule has 5 N–H and O–H groups in total. The van der Waals surface area contributed by atoms with Crippen molar-refractivity contribution in [2.24, 2.45) is 21.5 Å². The molecular weight excluding hydrogens is 235 g/mol. The standard InChI is InChI=1S/C11H15FN6/c12-9-5-4-8(6-15-9)17-11(14)18-10(13)16-7-2-1-3-7/h4-7H,1-3H2,(H5,13,14,16,17,18). The summed E-state index contributed by atoms with van der Waals surface area (Å²) in [5, 5.41) is 2.75. The normalized spacial score (nSPS) is 17.4. The molecule has 0 aromatic carbocycles. The summed E-state index contributed by atoms with van der Waals surface area (Å²) >= 11 is 0. The Balaban J connectivity index is 1.95. The van der Waals surface area contributed by atoms with E-state index < -0.39 is 5.95 Å². The second-order valence-corrected chi connectivity index (χ2v) is 4.06. The van der Waals surface area contributed by atoms with Crippen LogP contribution in [0, 0.1) is 5.95 Å². The molecule has 0 aliphatic heterocycles. The summed E-state index contributed by atoms with van der Waals surface area (Å²) in [7, 11) is 0. The van der Waals surface area contributed by atoms with Crippen LogP contribution in [0.2, 0.25) is 0 Å². The Kier molecular flexibility index (Phi) is 3.71. The second-order valence-electron chi connectivity index (χ2n) is 4.06. The van der Waals surface area contributed by atoms with Crippen LogP contribution >= 0.6 is 0 Å². The number of aliphatic imine (C=N–C) groups is 2. The van der Waals surface area contributed by atoms with Crippen molar-refractivity contribution < 1.29 is 4.39 Å². The Morgan fingerprint density at radius 1 is 1.39 bits per heavy atom. The molecule has 0 radical (unpaired) electrons. The number of nitrogens with zero attached hydrogens (tertiary/aromatic N) is 3. The smallest absolute Gasteiger partial charge is 0.218 e. The molecule has 0 saturated heterocycles. The molecule has 6 nitrogen and oxygen atoms in total. The molecule has 0 atom stereocenters. The number of nitrogens with one attached hydrogen (secondary N) is 1. The van der Waals surface area contributed by atoms with Crippen molar-refractivity contribution in [2.75, 3.05) is 5.32 Å². The zero-order chi connectivity index (χ0) is 13.0. The van der Waals surface area contributed by atoms with Gasteiger partial charge in [-0.25, -0.2) is 9.98 Å². The average Bonchev–Trinajstić information content (AvgIpc) is 2.27. The zero-order valence-electron chi connectivity index (χ0n) is 9.81. The van der Waals surface area contributed by atoms with Crippen LogP contribution < -0.4 is 16.8 Å². The van der Waals surface area contributed by atoms with Gasteiger partial charge in [0, 0.05) is 0 Å².